The van der Waals surface area contributed by atoms with Crippen LogP contribution >= 0.6 is 0 Å². The molecule has 0 fully saturated rings. The van der Waals surface area contributed by atoms with Crippen molar-refractivity contribution in [2.24, 2.45) is 0 Å². The zero-order valence-corrected chi connectivity index (χ0v) is 12.8. The van der Waals surface area contributed by atoms with Crippen molar-refractivity contribution in [2.45, 2.75) is 26.2 Å². The van der Waals surface area contributed by atoms with Crippen LogP contribution in [0.3, 0.4) is 0 Å². The molecule has 0 heterocycles. The van der Waals surface area contributed by atoms with Crippen LogP contribution in [0.15, 0.2) is 48.5 Å². The van der Waals surface area contributed by atoms with Crippen LogP contribution in [-0.4, -0.2) is 13.1 Å². The summed E-state index contributed by atoms with van der Waals surface area (Å²) in [6.45, 7) is 6.40. The number of ether oxygens (including phenoxy) is 2. The van der Waals surface area contributed by atoms with Gasteiger partial charge < -0.3 is 9.47 Å². The summed E-state index contributed by atoms with van der Waals surface area (Å²) in [5.74, 6) is 0.571. The average Bonchev–Trinajstić information content (AvgIpc) is 2.47. The van der Waals surface area contributed by atoms with Gasteiger partial charge in [0, 0.05) is 0 Å². The normalized spacial score (nSPS) is 11.0. The SMILES string of the molecule is COc1ccccc1OC(=O)c1ccc(C(C)(C)C)cc1. The van der Waals surface area contributed by atoms with Gasteiger partial charge in [-0.25, -0.2) is 4.79 Å². The van der Waals surface area contributed by atoms with Gasteiger partial charge in [0.15, 0.2) is 11.5 Å². The summed E-state index contributed by atoms with van der Waals surface area (Å²) >= 11 is 0. The fourth-order valence-electron chi connectivity index (χ4n) is 1.97. The first-order valence-corrected chi connectivity index (χ1v) is 6.87. The Morgan fingerprint density at radius 1 is 0.905 bits per heavy atom. The van der Waals surface area contributed by atoms with Crippen molar-refractivity contribution in [3.05, 3.63) is 59.7 Å². The zero-order chi connectivity index (χ0) is 15.5. The predicted octanol–water partition coefficient (Wildman–Crippen LogP) is 4.21. The number of benzene rings is 2. The Hall–Kier alpha value is -2.29. The summed E-state index contributed by atoms with van der Waals surface area (Å²) in [5, 5.41) is 0. The van der Waals surface area contributed by atoms with E-state index in [-0.39, 0.29) is 11.4 Å². The van der Waals surface area contributed by atoms with Crippen LogP contribution in [0.4, 0.5) is 0 Å². The molecule has 0 N–H and O–H groups in total. The monoisotopic (exact) mass is 284 g/mol. The topological polar surface area (TPSA) is 35.5 Å². The first kappa shape index (κ1) is 15.1. The van der Waals surface area contributed by atoms with Crippen molar-refractivity contribution < 1.29 is 14.3 Å². The molecular formula is C18H20O3. The van der Waals surface area contributed by atoms with E-state index >= 15 is 0 Å². The Bertz CT molecular complexity index is 622. The summed E-state index contributed by atoms with van der Waals surface area (Å²) in [4.78, 5) is 12.2. The van der Waals surface area contributed by atoms with Crippen molar-refractivity contribution in [3.63, 3.8) is 0 Å². The molecule has 2 aromatic carbocycles. The first-order valence-electron chi connectivity index (χ1n) is 6.87. The van der Waals surface area contributed by atoms with E-state index in [4.69, 9.17) is 9.47 Å². The maximum absolute atomic E-state index is 12.2. The third-order valence-corrected chi connectivity index (χ3v) is 3.26. The summed E-state index contributed by atoms with van der Waals surface area (Å²) in [6.07, 6.45) is 0. The maximum atomic E-state index is 12.2. The number of hydrogen-bond donors (Lipinski definition) is 0. The molecule has 0 atom stereocenters. The largest absolute Gasteiger partial charge is 0.493 e. The number of carbonyl (C=O) groups excluding carboxylic acids is 1. The highest BCUT2D eigenvalue weighted by molar-refractivity contribution is 5.91. The lowest BCUT2D eigenvalue weighted by Gasteiger charge is -2.19. The molecule has 0 radical (unpaired) electrons. The van der Waals surface area contributed by atoms with Crippen molar-refractivity contribution >= 4 is 5.97 Å². The minimum absolute atomic E-state index is 0.0606. The minimum atomic E-state index is -0.389. The highest BCUT2D eigenvalue weighted by Crippen LogP contribution is 2.27. The number of carbonyl (C=O) groups is 1. The minimum Gasteiger partial charge on any atom is -0.493 e. The fourth-order valence-corrected chi connectivity index (χ4v) is 1.97. The summed E-state index contributed by atoms with van der Waals surface area (Å²) < 4.78 is 10.6. The van der Waals surface area contributed by atoms with Gasteiger partial charge in [0.25, 0.3) is 0 Å². The molecule has 3 nitrogen and oxygen atoms in total. The predicted molar refractivity (Wildman–Crippen MR) is 83.1 cm³/mol. The van der Waals surface area contributed by atoms with Crippen LogP contribution in [0.2, 0.25) is 0 Å². The highest BCUT2D eigenvalue weighted by atomic mass is 16.6. The van der Waals surface area contributed by atoms with Gasteiger partial charge in [-0.05, 0) is 35.2 Å². The second-order valence-corrected chi connectivity index (χ2v) is 5.87. The molecule has 0 amide bonds. The number of esters is 1. The van der Waals surface area contributed by atoms with Gasteiger partial charge in [-0.1, -0.05) is 45.0 Å². The van der Waals surface area contributed by atoms with Gasteiger partial charge in [0.1, 0.15) is 0 Å². The molecule has 3 heteroatoms. The standard InChI is InChI=1S/C18H20O3/c1-18(2,3)14-11-9-13(10-12-14)17(19)21-16-8-6-5-7-15(16)20-4/h5-12H,1-4H3. The van der Waals surface area contributed by atoms with Gasteiger partial charge in [0.05, 0.1) is 12.7 Å². The Balaban J connectivity index is 2.17. The Morgan fingerprint density at radius 2 is 1.48 bits per heavy atom. The van der Waals surface area contributed by atoms with Crippen LogP contribution in [0.1, 0.15) is 36.7 Å². The van der Waals surface area contributed by atoms with Crippen molar-refractivity contribution in [1.82, 2.24) is 0 Å². The van der Waals surface area contributed by atoms with E-state index in [1.54, 1.807) is 37.4 Å². The highest BCUT2D eigenvalue weighted by Gasteiger charge is 2.16. The van der Waals surface area contributed by atoms with E-state index in [0.717, 1.165) is 0 Å². The third-order valence-electron chi connectivity index (χ3n) is 3.26. The molecule has 21 heavy (non-hydrogen) atoms. The van der Waals surface area contributed by atoms with Crippen LogP contribution in [0, 0.1) is 0 Å². The van der Waals surface area contributed by atoms with Gasteiger partial charge in [-0.3, -0.25) is 0 Å². The average molecular weight is 284 g/mol. The second-order valence-electron chi connectivity index (χ2n) is 5.87. The van der Waals surface area contributed by atoms with Crippen LogP contribution in [-0.2, 0) is 5.41 Å². The van der Waals surface area contributed by atoms with E-state index in [1.165, 1.54) is 5.56 Å². The number of methoxy groups -OCH3 is 1. The first-order chi connectivity index (χ1) is 9.91. The molecule has 0 saturated heterocycles. The van der Waals surface area contributed by atoms with Gasteiger partial charge in [0.2, 0.25) is 0 Å². The Kier molecular flexibility index (Phi) is 4.32. The number of hydrogen-bond acceptors (Lipinski definition) is 3. The lowest BCUT2D eigenvalue weighted by Crippen LogP contribution is -2.13. The Labute approximate surface area is 125 Å². The smallest absolute Gasteiger partial charge is 0.343 e. The lowest BCUT2D eigenvalue weighted by molar-refractivity contribution is 0.0729. The van der Waals surface area contributed by atoms with Crippen LogP contribution in [0.5, 0.6) is 11.5 Å². The molecule has 0 spiro atoms. The third kappa shape index (κ3) is 3.63. The van der Waals surface area contributed by atoms with Crippen molar-refractivity contribution in [1.29, 1.82) is 0 Å². The van der Waals surface area contributed by atoms with Gasteiger partial charge in [-0.15, -0.1) is 0 Å². The Morgan fingerprint density at radius 3 is 2.00 bits per heavy atom. The zero-order valence-electron chi connectivity index (χ0n) is 12.8. The molecule has 0 unspecified atom stereocenters. The summed E-state index contributed by atoms with van der Waals surface area (Å²) in [5.41, 5.74) is 1.76. The molecule has 2 aromatic rings. The quantitative estimate of drug-likeness (QED) is 0.625. The molecule has 0 aliphatic rings. The van der Waals surface area contributed by atoms with Gasteiger partial charge in [-0.2, -0.15) is 0 Å². The van der Waals surface area contributed by atoms with Crippen molar-refractivity contribution in [2.75, 3.05) is 7.11 Å². The molecule has 0 saturated carbocycles. The fraction of sp³-hybridized carbons (Fsp3) is 0.278. The maximum Gasteiger partial charge on any atom is 0.343 e. The molecule has 0 aliphatic carbocycles. The van der Waals surface area contributed by atoms with E-state index in [2.05, 4.69) is 20.8 Å². The summed E-state index contributed by atoms with van der Waals surface area (Å²) in [6, 6.07) is 14.6. The number of rotatable bonds is 3. The summed E-state index contributed by atoms with van der Waals surface area (Å²) in [7, 11) is 1.55. The van der Waals surface area contributed by atoms with Gasteiger partial charge >= 0.3 is 5.97 Å². The van der Waals surface area contributed by atoms with Crippen LogP contribution < -0.4 is 9.47 Å². The van der Waals surface area contributed by atoms with E-state index < -0.39 is 0 Å². The van der Waals surface area contributed by atoms with Crippen LogP contribution in [0.25, 0.3) is 0 Å². The molecular weight excluding hydrogens is 264 g/mol. The second kappa shape index (κ2) is 6.00. The molecule has 0 aliphatic heterocycles. The lowest BCUT2D eigenvalue weighted by atomic mass is 9.87. The molecule has 0 aromatic heterocycles. The van der Waals surface area contributed by atoms with E-state index in [9.17, 15) is 4.79 Å². The molecule has 110 valence electrons. The van der Waals surface area contributed by atoms with Crippen molar-refractivity contribution in [3.8, 4) is 11.5 Å². The van der Waals surface area contributed by atoms with E-state index in [1.807, 2.05) is 18.2 Å². The molecule has 0 bridgehead atoms. The number of para-hydroxylation sites is 2. The molecule has 2 rings (SSSR count). The van der Waals surface area contributed by atoms with E-state index in [0.29, 0.717) is 17.1 Å².